The molecular formula is C23H25BrN4O2. The number of amides is 2. The Balaban J connectivity index is 1.69. The maximum atomic E-state index is 12.6. The zero-order chi connectivity index (χ0) is 21.7. The molecule has 3 aromatic rings. The van der Waals surface area contributed by atoms with Gasteiger partial charge < -0.3 is 10.6 Å². The van der Waals surface area contributed by atoms with E-state index in [9.17, 15) is 9.59 Å². The highest BCUT2D eigenvalue weighted by atomic mass is 79.9. The standard InChI is InChI=1S/C23H25BrN4O2/c1-15-21(16(2)28(27-15)20-7-5-4-6-8-20)14-25-23(30)13-22(26-17(3)29)18-9-11-19(24)12-10-18/h4-12,22H,13-14H2,1-3H3,(H,25,30)(H,26,29). The summed E-state index contributed by atoms with van der Waals surface area (Å²) in [6, 6.07) is 17.1. The van der Waals surface area contributed by atoms with E-state index in [1.165, 1.54) is 6.92 Å². The Hall–Kier alpha value is -2.93. The highest BCUT2D eigenvalue weighted by Crippen LogP contribution is 2.21. The van der Waals surface area contributed by atoms with Gasteiger partial charge in [0.1, 0.15) is 0 Å². The molecule has 0 bridgehead atoms. The highest BCUT2D eigenvalue weighted by molar-refractivity contribution is 9.10. The lowest BCUT2D eigenvalue weighted by Crippen LogP contribution is -2.32. The van der Waals surface area contributed by atoms with Crippen LogP contribution in [0.4, 0.5) is 0 Å². The van der Waals surface area contributed by atoms with Crippen LogP contribution in [0.2, 0.25) is 0 Å². The number of para-hydroxylation sites is 1. The molecule has 1 aromatic heterocycles. The van der Waals surface area contributed by atoms with Crippen LogP contribution in [-0.2, 0) is 16.1 Å². The van der Waals surface area contributed by atoms with Gasteiger partial charge in [0.05, 0.1) is 23.8 Å². The third-order valence-corrected chi connectivity index (χ3v) is 5.47. The minimum absolute atomic E-state index is 0.136. The maximum Gasteiger partial charge on any atom is 0.222 e. The summed E-state index contributed by atoms with van der Waals surface area (Å²) in [5.41, 5.74) is 4.73. The van der Waals surface area contributed by atoms with Crippen LogP contribution in [0.5, 0.6) is 0 Å². The number of benzene rings is 2. The fourth-order valence-electron chi connectivity index (χ4n) is 3.39. The van der Waals surface area contributed by atoms with Gasteiger partial charge in [0.15, 0.2) is 0 Å². The van der Waals surface area contributed by atoms with Gasteiger partial charge in [-0.2, -0.15) is 5.10 Å². The quantitative estimate of drug-likeness (QED) is 0.546. The van der Waals surface area contributed by atoms with E-state index in [0.717, 1.165) is 32.7 Å². The van der Waals surface area contributed by atoms with Gasteiger partial charge in [-0.1, -0.05) is 46.3 Å². The van der Waals surface area contributed by atoms with E-state index in [1.54, 1.807) is 0 Å². The molecule has 0 aliphatic heterocycles. The summed E-state index contributed by atoms with van der Waals surface area (Å²) in [4.78, 5) is 24.3. The Morgan fingerprint density at radius 2 is 1.73 bits per heavy atom. The van der Waals surface area contributed by atoms with E-state index >= 15 is 0 Å². The molecule has 2 amide bonds. The molecule has 1 unspecified atom stereocenters. The fraction of sp³-hybridized carbons (Fsp3) is 0.261. The average Bonchev–Trinajstić information content (AvgIpc) is 3.00. The minimum Gasteiger partial charge on any atom is -0.352 e. The summed E-state index contributed by atoms with van der Waals surface area (Å²) < 4.78 is 2.83. The first-order valence-corrected chi connectivity index (χ1v) is 10.5. The number of rotatable bonds is 7. The van der Waals surface area contributed by atoms with Crippen molar-refractivity contribution in [3.63, 3.8) is 0 Å². The monoisotopic (exact) mass is 468 g/mol. The van der Waals surface area contributed by atoms with Crippen molar-refractivity contribution in [1.82, 2.24) is 20.4 Å². The molecule has 6 nitrogen and oxygen atoms in total. The second kappa shape index (κ2) is 9.71. The van der Waals surface area contributed by atoms with E-state index in [-0.39, 0.29) is 24.3 Å². The Labute approximate surface area is 184 Å². The Morgan fingerprint density at radius 1 is 1.07 bits per heavy atom. The molecule has 2 N–H and O–H groups in total. The minimum atomic E-state index is -0.384. The normalized spacial score (nSPS) is 11.7. The van der Waals surface area contributed by atoms with Gasteiger partial charge in [-0.05, 0) is 43.7 Å². The first kappa shape index (κ1) is 21.8. The van der Waals surface area contributed by atoms with E-state index in [1.807, 2.05) is 73.1 Å². The zero-order valence-corrected chi connectivity index (χ0v) is 18.9. The molecule has 30 heavy (non-hydrogen) atoms. The Morgan fingerprint density at radius 3 is 2.37 bits per heavy atom. The van der Waals surface area contributed by atoms with Crippen molar-refractivity contribution in [2.24, 2.45) is 0 Å². The van der Waals surface area contributed by atoms with Crippen LogP contribution in [0, 0.1) is 13.8 Å². The van der Waals surface area contributed by atoms with E-state index in [4.69, 9.17) is 0 Å². The molecule has 0 aliphatic rings. The third-order valence-electron chi connectivity index (χ3n) is 4.94. The molecule has 0 spiro atoms. The molecule has 156 valence electrons. The number of carbonyl (C=O) groups excluding carboxylic acids is 2. The second-order valence-electron chi connectivity index (χ2n) is 7.18. The van der Waals surface area contributed by atoms with Crippen LogP contribution in [-0.4, -0.2) is 21.6 Å². The Bertz CT molecular complexity index is 1030. The van der Waals surface area contributed by atoms with Crippen LogP contribution >= 0.6 is 15.9 Å². The van der Waals surface area contributed by atoms with Crippen molar-refractivity contribution in [3.05, 3.63) is 81.6 Å². The number of nitrogens with one attached hydrogen (secondary N) is 2. The summed E-state index contributed by atoms with van der Waals surface area (Å²) in [6.45, 7) is 5.78. The topological polar surface area (TPSA) is 76.0 Å². The van der Waals surface area contributed by atoms with Crippen molar-refractivity contribution in [1.29, 1.82) is 0 Å². The fourth-order valence-corrected chi connectivity index (χ4v) is 3.65. The zero-order valence-electron chi connectivity index (χ0n) is 17.3. The lowest BCUT2D eigenvalue weighted by atomic mass is 10.0. The molecule has 1 heterocycles. The van der Waals surface area contributed by atoms with E-state index < -0.39 is 0 Å². The number of nitrogens with zero attached hydrogens (tertiary/aromatic N) is 2. The molecule has 0 aliphatic carbocycles. The van der Waals surface area contributed by atoms with Crippen molar-refractivity contribution < 1.29 is 9.59 Å². The maximum absolute atomic E-state index is 12.6. The largest absolute Gasteiger partial charge is 0.352 e. The number of aryl methyl sites for hydroxylation is 1. The van der Waals surface area contributed by atoms with Crippen LogP contribution in [0.25, 0.3) is 5.69 Å². The van der Waals surface area contributed by atoms with Gasteiger partial charge >= 0.3 is 0 Å². The van der Waals surface area contributed by atoms with Crippen molar-refractivity contribution in [2.75, 3.05) is 0 Å². The number of hydrogen-bond acceptors (Lipinski definition) is 3. The van der Waals surface area contributed by atoms with Gasteiger partial charge in [-0.25, -0.2) is 4.68 Å². The summed E-state index contributed by atoms with van der Waals surface area (Å²) in [5, 5.41) is 10.5. The molecule has 2 aromatic carbocycles. The molecule has 0 saturated heterocycles. The lowest BCUT2D eigenvalue weighted by Gasteiger charge is -2.18. The van der Waals surface area contributed by atoms with Gasteiger partial charge in [0.25, 0.3) is 0 Å². The second-order valence-corrected chi connectivity index (χ2v) is 8.10. The van der Waals surface area contributed by atoms with Crippen molar-refractivity contribution >= 4 is 27.7 Å². The first-order chi connectivity index (χ1) is 14.3. The van der Waals surface area contributed by atoms with Gasteiger partial charge in [0.2, 0.25) is 11.8 Å². The van der Waals surface area contributed by atoms with E-state index in [2.05, 4.69) is 31.7 Å². The highest BCUT2D eigenvalue weighted by Gasteiger charge is 2.18. The van der Waals surface area contributed by atoms with Gasteiger partial charge in [-0.15, -0.1) is 0 Å². The summed E-state index contributed by atoms with van der Waals surface area (Å²) in [7, 11) is 0. The lowest BCUT2D eigenvalue weighted by molar-refractivity contribution is -0.122. The predicted molar refractivity (Wildman–Crippen MR) is 120 cm³/mol. The number of carbonyl (C=O) groups is 2. The van der Waals surface area contributed by atoms with Crippen LogP contribution < -0.4 is 10.6 Å². The summed E-state index contributed by atoms with van der Waals surface area (Å²) in [5.74, 6) is -0.311. The van der Waals surface area contributed by atoms with Crippen molar-refractivity contribution in [3.8, 4) is 5.69 Å². The third kappa shape index (κ3) is 5.36. The van der Waals surface area contributed by atoms with Gasteiger partial charge in [0, 0.05) is 29.2 Å². The molecule has 3 rings (SSSR count). The smallest absolute Gasteiger partial charge is 0.222 e. The van der Waals surface area contributed by atoms with Crippen LogP contribution in [0.15, 0.2) is 59.1 Å². The number of halogens is 1. The van der Waals surface area contributed by atoms with Crippen molar-refractivity contribution in [2.45, 2.75) is 39.8 Å². The summed E-state index contributed by atoms with van der Waals surface area (Å²) >= 11 is 3.40. The molecule has 0 fully saturated rings. The van der Waals surface area contributed by atoms with Crippen LogP contribution in [0.1, 0.15) is 41.9 Å². The Kier molecular flexibility index (Phi) is 7.05. The molecule has 0 saturated carbocycles. The molecule has 1 atom stereocenters. The SMILES string of the molecule is CC(=O)NC(CC(=O)NCc1c(C)nn(-c2ccccc2)c1C)c1ccc(Br)cc1. The van der Waals surface area contributed by atoms with Crippen LogP contribution in [0.3, 0.4) is 0 Å². The van der Waals surface area contributed by atoms with E-state index in [0.29, 0.717) is 6.54 Å². The molecule has 7 heteroatoms. The number of hydrogen-bond donors (Lipinski definition) is 2. The number of aromatic nitrogens is 2. The van der Waals surface area contributed by atoms with Gasteiger partial charge in [-0.3, -0.25) is 9.59 Å². The first-order valence-electron chi connectivity index (χ1n) is 9.75. The average molecular weight is 469 g/mol. The summed E-state index contributed by atoms with van der Waals surface area (Å²) in [6.07, 6.45) is 0.159. The molecular weight excluding hydrogens is 444 g/mol. The predicted octanol–water partition coefficient (Wildman–Crippen LogP) is 4.14. The molecule has 0 radical (unpaired) electrons.